The first-order valence-electron chi connectivity index (χ1n) is 8.03. The maximum absolute atomic E-state index is 13.0. The molecule has 0 unspecified atom stereocenters. The summed E-state index contributed by atoms with van der Waals surface area (Å²) in [6.45, 7) is 1.01. The Morgan fingerprint density at radius 3 is 2.62 bits per heavy atom. The standard InChI is InChI=1S/C19H20FNO3/c20-16-8-6-14(7-9-16)18-15(10-11-24-18)12-21-19(23)17(22)13-4-2-1-3-5-13/h1-9,15,17-18,22H,10-12H2,(H,21,23)/t15-,17+,18-/m0/s1. The van der Waals surface area contributed by atoms with E-state index in [0.717, 1.165) is 12.0 Å². The van der Waals surface area contributed by atoms with Crippen molar-refractivity contribution in [3.05, 3.63) is 71.5 Å². The molecule has 0 aliphatic carbocycles. The van der Waals surface area contributed by atoms with Crippen molar-refractivity contribution in [2.45, 2.75) is 18.6 Å². The Labute approximate surface area is 140 Å². The van der Waals surface area contributed by atoms with Crippen LogP contribution in [0.25, 0.3) is 0 Å². The van der Waals surface area contributed by atoms with E-state index >= 15 is 0 Å². The Morgan fingerprint density at radius 1 is 1.21 bits per heavy atom. The van der Waals surface area contributed by atoms with Gasteiger partial charge in [-0.15, -0.1) is 0 Å². The van der Waals surface area contributed by atoms with Gasteiger partial charge in [-0.1, -0.05) is 42.5 Å². The third kappa shape index (κ3) is 3.80. The summed E-state index contributed by atoms with van der Waals surface area (Å²) in [6.07, 6.45) is -0.540. The van der Waals surface area contributed by atoms with E-state index in [1.165, 1.54) is 12.1 Å². The summed E-state index contributed by atoms with van der Waals surface area (Å²) in [7, 11) is 0. The van der Waals surface area contributed by atoms with Crippen molar-refractivity contribution in [3.63, 3.8) is 0 Å². The fourth-order valence-corrected chi connectivity index (χ4v) is 2.98. The number of hydrogen-bond donors (Lipinski definition) is 2. The van der Waals surface area contributed by atoms with Crippen LogP contribution in [-0.2, 0) is 9.53 Å². The normalized spacial score (nSPS) is 21.4. The molecule has 1 aliphatic rings. The van der Waals surface area contributed by atoms with E-state index in [0.29, 0.717) is 18.7 Å². The molecule has 1 saturated heterocycles. The Balaban J connectivity index is 1.59. The van der Waals surface area contributed by atoms with Crippen LogP contribution in [0.2, 0.25) is 0 Å². The molecular weight excluding hydrogens is 309 g/mol. The Hall–Kier alpha value is -2.24. The number of rotatable bonds is 5. The van der Waals surface area contributed by atoms with E-state index in [9.17, 15) is 14.3 Å². The zero-order chi connectivity index (χ0) is 16.9. The number of halogens is 1. The van der Waals surface area contributed by atoms with Crippen LogP contribution in [0.3, 0.4) is 0 Å². The second-order valence-corrected chi connectivity index (χ2v) is 5.95. The molecule has 24 heavy (non-hydrogen) atoms. The molecule has 2 N–H and O–H groups in total. The molecule has 4 nitrogen and oxygen atoms in total. The van der Waals surface area contributed by atoms with E-state index in [1.807, 2.05) is 6.07 Å². The van der Waals surface area contributed by atoms with Gasteiger partial charge in [0.2, 0.25) is 0 Å². The van der Waals surface area contributed by atoms with Gasteiger partial charge in [-0.3, -0.25) is 4.79 Å². The van der Waals surface area contributed by atoms with Crippen molar-refractivity contribution >= 4 is 5.91 Å². The molecule has 1 fully saturated rings. The van der Waals surface area contributed by atoms with Crippen molar-refractivity contribution in [2.24, 2.45) is 5.92 Å². The quantitative estimate of drug-likeness (QED) is 0.887. The number of nitrogens with one attached hydrogen (secondary N) is 1. The summed E-state index contributed by atoms with van der Waals surface area (Å²) >= 11 is 0. The van der Waals surface area contributed by atoms with E-state index in [1.54, 1.807) is 36.4 Å². The van der Waals surface area contributed by atoms with E-state index in [2.05, 4.69) is 5.32 Å². The summed E-state index contributed by atoms with van der Waals surface area (Å²) in [4.78, 5) is 12.1. The fraction of sp³-hybridized carbons (Fsp3) is 0.316. The molecule has 0 spiro atoms. The lowest BCUT2D eigenvalue weighted by molar-refractivity contribution is -0.129. The highest BCUT2D eigenvalue weighted by molar-refractivity contribution is 5.81. The van der Waals surface area contributed by atoms with Gasteiger partial charge in [0.1, 0.15) is 5.82 Å². The highest BCUT2D eigenvalue weighted by Crippen LogP contribution is 2.34. The topological polar surface area (TPSA) is 58.6 Å². The second-order valence-electron chi connectivity index (χ2n) is 5.95. The fourth-order valence-electron chi connectivity index (χ4n) is 2.98. The first-order chi connectivity index (χ1) is 11.6. The minimum atomic E-state index is -1.18. The minimum absolute atomic E-state index is 0.0994. The third-order valence-corrected chi connectivity index (χ3v) is 4.31. The van der Waals surface area contributed by atoms with Crippen LogP contribution in [0.4, 0.5) is 4.39 Å². The maximum Gasteiger partial charge on any atom is 0.253 e. The first kappa shape index (κ1) is 16.6. The number of ether oxygens (including phenoxy) is 1. The van der Waals surface area contributed by atoms with Gasteiger partial charge in [0.05, 0.1) is 6.10 Å². The van der Waals surface area contributed by atoms with Gasteiger partial charge < -0.3 is 15.2 Å². The Kier molecular flexibility index (Phi) is 5.23. The van der Waals surface area contributed by atoms with Crippen LogP contribution in [0.5, 0.6) is 0 Å². The number of carbonyl (C=O) groups excluding carboxylic acids is 1. The lowest BCUT2D eigenvalue weighted by atomic mass is 9.95. The zero-order valence-corrected chi connectivity index (χ0v) is 13.2. The average Bonchev–Trinajstić information content (AvgIpc) is 3.09. The van der Waals surface area contributed by atoms with Crippen molar-refractivity contribution in [3.8, 4) is 0 Å². The molecule has 1 heterocycles. The molecule has 0 radical (unpaired) electrons. The predicted octanol–water partition coefficient (Wildman–Crippen LogP) is 2.75. The molecule has 1 amide bonds. The number of hydrogen-bond acceptors (Lipinski definition) is 3. The van der Waals surface area contributed by atoms with Gasteiger partial charge in [-0.05, 0) is 29.7 Å². The van der Waals surface area contributed by atoms with E-state index in [-0.39, 0.29) is 17.8 Å². The smallest absolute Gasteiger partial charge is 0.253 e. The average molecular weight is 329 g/mol. The third-order valence-electron chi connectivity index (χ3n) is 4.31. The molecule has 126 valence electrons. The summed E-state index contributed by atoms with van der Waals surface area (Å²) in [5.41, 5.74) is 1.46. The number of amides is 1. The van der Waals surface area contributed by atoms with Gasteiger partial charge in [0.15, 0.2) is 6.10 Å². The molecule has 0 bridgehead atoms. The molecule has 5 heteroatoms. The van der Waals surface area contributed by atoms with Crippen molar-refractivity contribution in [1.29, 1.82) is 0 Å². The van der Waals surface area contributed by atoms with Gasteiger partial charge in [-0.25, -0.2) is 4.39 Å². The lowest BCUT2D eigenvalue weighted by Gasteiger charge is -2.20. The molecule has 0 saturated carbocycles. The molecule has 3 rings (SSSR count). The van der Waals surface area contributed by atoms with Crippen LogP contribution < -0.4 is 5.32 Å². The Bertz CT molecular complexity index is 675. The maximum atomic E-state index is 13.0. The molecular formula is C19H20FNO3. The zero-order valence-electron chi connectivity index (χ0n) is 13.2. The van der Waals surface area contributed by atoms with Crippen LogP contribution in [0.15, 0.2) is 54.6 Å². The van der Waals surface area contributed by atoms with E-state index in [4.69, 9.17) is 4.74 Å². The molecule has 0 aromatic heterocycles. The first-order valence-corrected chi connectivity index (χ1v) is 8.03. The summed E-state index contributed by atoms with van der Waals surface area (Å²) in [5.74, 6) is -0.610. The van der Waals surface area contributed by atoms with Crippen LogP contribution in [0, 0.1) is 11.7 Å². The number of aliphatic hydroxyl groups excluding tert-OH is 1. The van der Waals surface area contributed by atoms with Crippen molar-refractivity contribution in [1.82, 2.24) is 5.32 Å². The Morgan fingerprint density at radius 2 is 1.92 bits per heavy atom. The largest absolute Gasteiger partial charge is 0.378 e. The molecule has 2 aromatic rings. The molecule has 2 aromatic carbocycles. The van der Waals surface area contributed by atoms with Crippen molar-refractivity contribution < 1.29 is 19.0 Å². The SMILES string of the molecule is O=C(NC[C@@H]1CCO[C@H]1c1ccc(F)cc1)[C@H](O)c1ccccc1. The number of benzene rings is 2. The lowest BCUT2D eigenvalue weighted by Crippen LogP contribution is -2.34. The van der Waals surface area contributed by atoms with Gasteiger partial charge in [-0.2, -0.15) is 0 Å². The highest BCUT2D eigenvalue weighted by Gasteiger charge is 2.30. The monoisotopic (exact) mass is 329 g/mol. The van der Waals surface area contributed by atoms with Crippen LogP contribution in [-0.4, -0.2) is 24.2 Å². The second kappa shape index (κ2) is 7.55. The predicted molar refractivity (Wildman–Crippen MR) is 87.6 cm³/mol. The van der Waals surface area contributed by atoms with Crippen LogP contribution in [0.1, 0.15) is 29.8 Å². The number of aliphatic hydroxyl groups is 1. The van der Waals surface area contributed by atoms with Crippen LogP contribution >= 0.6 is 0 Å². The van der Waals surface area contributed by atoms with Gasteiger partial charge in [0, 0.05) is 19.1 Å². The van der Waals surface area contributed by atoms with E-state index < -0.39 is 12.0 Å². The minimum Gasteiger partial charge on any atom is -0.378 e. The summed E-state index contributed by atoms with van der Waals surface area (Å²) in [5, 5.41) is 12.9. The van der Waals surface area contributed by atoms with Gasteiger partial charge in [0.25, 0.3) is 5.91 Å². The summed E-state index contributed by atoms with van der Waals surface area (Å²) in [6, 6.07) is 15.0. The summed E-state index contributed by atoms with van der Waals surface area (Å²) < 4.78 is 18.8. The van der Waals surface area contributed by atoms with Gasteiger partial charge >= 0.3 is 0 Å². The van der Waals surface area contributed by atoms with Crippen molar-refractivity contribution in [2.75, 3.05) is 13.2 Å². The molecule has 3 atom stereocenters. The number of carbonyl (C=O) groups is 1. The molecule has 1 aliphatic heterocycles. The highest BCUT2D eigenvalue weighted by atomic mass is 19.1.